The highest BCUT2D eigenvalue weighted by molar-refractivity contribution is 8.00. The zero-order valence-corrected chi connectivity index (χ0v) is 19.5. The number of benzene rings is 2. The highest BCUT2D eigenvalue weighted by Gasteiger charge is 2.23. The molecule has 0 aliphatic carbocycles. The third kappa shape index (κ3) is 6.01. The molecule has 1 amide bonds. The van der Waals surface area contributed by atoms with Gasteiger partial charge in [0.1, 0.15) is 11.5 Å². The maximum absolute atomic E-state index is 12.6. The number of carbonyl (C=O) groups is 1. The van der Waals surface area contributed by atoms with Gasteiger partial charge in [-0.2, -0.15) is 0 Å². The summed E-state index contributed by atoms with van der Waals surface area (Å²) in [5.74, 6) is 1.76. The Labute approximate surface area is 195 Å². The van der Waals surface area contributed by atoms with Crippen LogP contribution in [-0.4, -0.2) is 38.0 Å². The smallest absolute Gasteiger partial charge is 0.271 e. The van der Waals surface area contributed by atoms with E-state index >= 15 is 0 Å². The first-order chi connectivity index (χ1) is 15.8. The molecule has 1 heterocycles. The van der Waals surface area contributed by atoms with Crippen molar-refractivity contribution in [2.24, 2.45) is 0 Å². The van der Waals surface area contributed by atoms with Gasteiger partial charge >= 0.3 is 0 Å². The number of anilines is 1. The third-order valence-electron chi connectivity index (χ3n) is 4.77. The molecular formula is C22H25N5O5S. The van der Waals surface area contributed by atoms with Gasteiger partial charge in [-0.05, 0) is 51.1 Å². The monoisotopic (exact) mass is 471 g/mol. The molecule has 0 aliphatic rings. The maximum Gasteiger partial charge on any atom is 0.271 e. The number of aromatic nitrogens is 3. The predicted octanol–water partition coefficient (Wildman–Crippen LogP) is 4.47. The third-order valence-corrected chi connectivity index (χ3v) is 5.85. The number of carbonyl (C=O) groups excluding carboxylic acids is 1. The Morgan fingerprint density at radius 1 is 1.18 bits per heavy atom. The molecule has 0 radical (unpaired) electrons. The fourth-order valence-corrected chi connectivity index (χ4v) is 3.97. The molecule has 0 bridgehead atoms. The summed E-state index contributed by atoms with van der Waals surface area (Å²) in [5, 5.41) is 22.3. The van der Waals surface area contributed by atoms with E-state index in [1.54, 1.807) is 20.1 Å². The van der Waals surface area contributed by atoms with Crippen molar-refractivity contribution in [1.29, 1.82) is 0 Å². The number of methoxy groups -OCH3 is 1. The summed E-state index contributed by atoms with van der Waals surface area (Å²) in [7, 11) is 1.60. The number of ether oxygens (including phenoxy) is 2. The van der Waals surface area contributed by atoms with Gasteiger partial charge in [0.2, 0.25) is 5.91 Å². The first-order valence-electron chi connectivity index (χ1n) is 10.3. The highest BCUT2D eigenvalue weighted by Crippen LogP contribution is 2.28. The average molecular weight is 472 g/mol. The maximum atomic E-state index is 12.6. The zero-order valence-electron chi connectivity index (χ0n) is 18.7. The Hall–Kier alpha value is -3.60. The Morgan fingerprint density at radius 2 is 1.88 bits per heavy atom. The molecule has 33 heavy (non-hydrogen) atoms. The van der Waals surface area contributed by atoms with Crippen LogP contribution in [0, 0.1) is 10.1 Å². The van der Waals surface area contributed by atoms with Crippen molar-refractivity contribution in [1.82, 2.24) is 14.8 Å². The first-order valence-corrected chi connectivity index (χ1v) is 11.2. The van der Waals surface area contributed by atoms with Crippen molar-refractivity contribution in [3.8, 4) is 11.5 Å². The number of thioether (sulfide) groups is 1. The van der Waals surface area contributed by atoms with E-state index < -0.39 is 10.2 Å². The van der Waals surface area contributed by atoms with E-state index in [1.807, 2.05) is 42.7 Å². The lowest BCUT2D eigenvalue weighted by atomic mass is 10.2. The number of hydrogen-bond acceptors (Lipinski definition) is 8. The lowest BCUT2D eigenvalue weighted by Gasteiger charge is -2.16. The van der Waals surface area contributed by atoms with E-state index in [1.165, 1.54) is 30.0 Å². The minimum atomic E-state index is -0.510. The predicted molar refractivity (Wildman–Crippen MR) is 125 cm³/mol. The van der Waals surface area contributed by atoms with Gasteiger partial charge < -0.3 is 19.4 Å². The van der Waals surface area contributed by atoms with Crippen molar-refractivity contribution in [2.45, 2.75) is 43.8 Å². The van der Waals surface area contributed by atoms with Gasteiger partial charge in [0.15, 0.2) is 17.1 Å². The standard InChI is InChI=1S/C22H25N5O5S/c1-5-26-20(14(2)32-19-11-9-18(31-4)10-12-19)24-25-22(26)33-15(3)21(28)23-16-7-6-8-17(13-16)27(29)30/h6-15H,5H2,1-4H3,(H,23,28). The van der Waals surface area contributed by atoms with Crippen LogP contribution >= 0.6 is 11.8 Å². The summed E-state index contributed by atoms with van der Waals surface area (Å²) in [6.07, 6.45) is -0.366. The molecular weight excluding hydrogens is 446 g/mol. The van der Waals surface area contributed by atoms with Crippen LogP contribution in [0.5, 0.6) is 11.5 Å². The van der Waals surface area contributed by atoms with Gasteiger partial charge in [0.05, 0.1) is 17.3 Å². The molecule has 2 atom stereocenters. The topological polar surface area (TPSA) is 121 Å². The molecule has 174 valence electrons. The van der Waals surface area contributed by atoms with Gasteiger partial charge in [0.25, 0.3) is 5.69 Å². The van der Waals surface area contributed by atoms with Gasteiger partial charge in [0, 0.05) is 24.4 Å². The Morgan fingerprint density at radius 3 is 2.52 bits per heavy atom. The van der Waals surface area contributed by atoms with E-state index in [4.69, 9.17) is 9.47 Å². The van der Waals surface area contributed by atoms with Crippen LogP contribution in [0.2, 0.25) is 0 Å². The fourth-order valence-electron chi connectivity index (χ4n) is 3.05. The van der Waals surface area contributed by atoms with Crippen LogP contribution < -0.4 is 14.8 Å². The molecule has 11 heteroatoms. The van der Waals surface area contributed by atoms with E-state index in [-0.39, 0.29) is 17.7 Å². The quantitative estimate of drug-likeness (QED) is 0.261. The van der Waals surface area contributed by atoms with Crippen LogP contribution in [0.15, 0.2) is 53.7 Å². The molecule has 2 aromatic carbocycles. The number of nitrogens with zero attached hydrogens (tertiary/aromatic N) is 4. The number of rotatable bonds is 10. The molecule has 1 N–H and O–H groups in total. The lowest BCUT2D eigenvalue weighted by molar-refractivity contribution is -0.384. The molecule has 0 spiro atoms. The van der Waals surface area contributed by atoms with Crippen molar-refractivity contribution >= 4 is 29.0 Å². The van der Waals surface area contributed by atoms with Gasteiger partial charge in [-0.25, -0.2) is 0 Å². The number of nitrogens with one attached hydrogen (secondary N) is 1. The van der Waals surface area contributed by atoms with Crippen molar-refractivity contribution < 1.29 is 19.2 Å². The van der Waals surface area contributed by atoms with E-state index in [0.717, 1.165) is 5.75 Å². The summed E-state index contributed by atoms with van der Waals surface area (Å²) < 4.78 is 13.1. The number of hydrogen-bond donors (Lipinski definition) is 1. The van der Waals surface area contributed by atoms with Crippen LogP contribution in [0.3, 0.4) is 0 Å². The molecule has 3 aromatic rings. The van der Waals surface area contributed by atoms with E-state index in [9.17, 15) is 14.9 Å². The highest BCUT2D eigenvalue weighted by atomic mass is 32.2. The minimum Gasteiger partial charge on any atom is -0.497 e. The summed E-state index contributed by atoms with van der Waals surface area (Å²) in [4.78, 5) is 23.1. The van der Waals surface area contributed by atoms with Crippen LogP contribution in [0.25, 0.3) is 0 Å². The molecule has 10 nitrogen and oxygen atoms in total. The molecule has 0 aliphatic heterocycles. The van der Waals surface area contributed by atoms with Crippen molar-refractivity contribution in [3.63, 3.8) is 0 Å². The number of non-ortho nitro benzene ring substituents is 1. The molecule has 0 saturated carbocycles. The second kappa shape index (κ2) is 10.8. The zero-order chi connectivity index (χ0) is 24.0. The SMILES string of the molecule is CCn1c(SC(C)C(=O)Nc2cccc([N+](=O)[O-])c2)nnc1C(C)Oc1ccc(OC)cc1. The second-order valence-corrected chi connectivity index (χ2v) is 8.39. The molecule has 1 aromatic heterocycles. The Bertz CT molecular complexity index is 1120. The fraction of sp³-hybridized carbons (Fsp3) is 0.318. The van der Waals surface area contributed by atoms with Gasteiger partial charge in [-0.15, -0.1) is 10.2 Å². The lowest BCUT2D eigenvalue weighted by Crippen LogP contribution is -2.23. The normalized spacial score (nSPS) is 12.6. The number of amides is 1. The summed E-state index contributed by atoms with van der Waals surface area (Å²) in [5.41, 5.74) is 0.273. The first kappa shape index (κ1) is 24.1. The largest absolute Gasteiger partial charge is 0.497 e. The summed E-state index contributed by atoms with van der Waals surface area (Å²) in [6, 6.07) is 13.1. The van der Waals surface area contributed by atoms with Gasteiger partial charge in [-0.1, -0.05) is 17.8 Å². The molecule has 0 fully saturated rings. The van der Waals surface area contributed by atoms with Crippen LogP contribution in [-0.2, 0) is 11.3 Å². The van der Waals surface area contributed by atoms with Gasteiger partial charge in [-0.3, -0.25) is 14.9 Å². The Kier molecular flexibility index (Phi) is 7.88. The second-order valence-electron chi connectivity index (χ2n) is 7.08. The molecule has 0 saturated heterocycles. The van der Waals surface area contributed by atoms with Crippen LogP contribution in [0.1, 0.15) is 32.7 Å². The number of nitro benzene ring substituents is 1. The molecule has 2 unspecified atom stereocenters. The minimum absolute atomic E-state index is 0.0886. The Balaban J connectivity index is 1.67. The summed E-state index contributed by atoms with van der Waals surface area (Å²) >= 11 is 1.25. The van der Waals surface area contributed by atoms with E-state index in [2.05, 4.69) is 15.5 Å². The van der Waals surface area contributed by atoms with Crippen molar-refractivity contribution in [2.75, 3.05) is 12.4 Å². The average Bonchev–Trinajstić information content (AvgIpc) is 3.22. The van der Waals surface area contributed by atoms with E-state index in [0.29, 0.717) is 29.0 Å². The molecule has 3 rings (SSSR count). The number of nitro groups is 1. The summed E-state index contributed by atoms with van der Waals surface area (Å²) in [6.45, 7) is 6.18. The van der Waals surface area contributed by atoms with Crippen LogP contribution in [0.4, 0.5) is 11.4 Å². The van der Waals surface area contributed by atoms with Crippen molar-refractivity contribution in [3.05, 3.63) is 64.5 Å².